The van der Waals surface area contributed by atoms with Gasteiger partial charge in [-0.25, -0.2) is 4.79 Å². The lowest BCUT2D eigenvalue weighted by atomic mass is 10.1. The second kappa shape index (κ2) is 6.59. The molecule has 1 atom stereocenters. The molecule has 0 saturated heterocycles. The number of aromatic nitrogens is 1. The first-order valence-electron chi connectivity index (χ1n) is 5.96. The maximum Gasteiger partial charge on any atom is 0.328 e. The van der Waals surface area contributed by atoms with Gasteiger partial charge in [0.25, 0.3) is 5.56 Å². The Hall–Kier alpha value is -1.29. The molecule has 0 saturated carbocycles. The van der Waals surface area contributed by atoms with Gasteiger partial charge < -0.3 is 9.30 Å². The van der Waals surface area contributed by atoms with Crippen molar-refractivity contribution in [2.75, 3.05) is 6.61 Å². The highest BCUT2D eigenvalue weighted by atomic mass is 35.5. The van der Waals surface area contributed by atoms with Crippen LogP contribution in [0, 0.1) is 5.92 Å². The molecule has 1 unspecified atom stereocenters. The van der Waals surface area contributed by atoms with Gasteiger partial charge in [0.1, 0.15) is 6.04 Å². The molecule has 0 amide bonds. The summed E-state index contributed by atoms with van der Waals surface area (Å²) in [7, 11) is 0. The lowest BCUT2D eigenvalue weighted by molar-refractivity contribution is -0.147. The van der Waals surface area contributed by atoms with Crippen LogP contribution in [0.2, 0.25) is 5.02 Å². The van der Waals surface area contributed by atoms with Crippen molar-refractivity contribution in [2.45, 2.75) is 33.2 Å². The molecule has 0 N–H and O–H groups in total. The highest BCUT2D eigenvalue weighted by Gasteiger charge is 2.17. The minimum absolute atomic E-state index is 0.271. The summed E-state index contributed by atoms with van der Waals surface area (Å²) in [5.74, 6) is 0.0574. The standard InChI is InChI=1S/C13H18ClNO3/c1-9(2)6-7-18-13(17)10(3)15-8-11(14)4-5-12(15)16/h4-5,8-10H,6-7H2,1-3H3. The molecule has 0 spiro atoms. The number of carbonyl (C=O) groups excluding carboxylic acids is 1. The van der Waals surface area contributed by atoms with E-state index in [-0.39, 0.29) is 5.56 Å². The van der Waals surface area contributed by atoms with Crippen LogP contribution in [0.1, 0.15) is 33.2 Å². The third kappa shape index (κ3) is 4.18. The smallest absolute Gasteiger partial charge is 0.328 e. The number of pyridine rings is 1. The second-order valence-electron chi connectivity index (χ2n) is 4.62. The van der Waals surface area contributed by atoms with Crippen molar-refractivity contribution in [3.8, 4) is 0 Å². The number of hydrogen-bond acceptors (Lipinski definition) is 3. The van der Waals surface area contributed by atoms with Crippen molar-refractivity contribution in [1.82, 2.24) is 4.57 Å². The van der Waals surface area contributed by atoms with Crippen molar-refractivity contribution < 1.29 is 9.53 Å². The van der Waals surface area contributed by atoms with E-state index < -0.39 is 12.0 Å². The molecule has 0 fully saturated rings. The van der Waals surface area contributed by atoms with E-state index in [4.69, 9.17) is 16.3 Å². The summed E-state index contributed by atoms with van der Waals surface area (Å²) in [6.07, 6.45) is 2.25. The Labute approximate surface area is 112 Å². The molecular formula is C13H18ClNO3. The monoisotopic (exact) mass is 271 g/mol. The Balaban J connectivity index is 2.68. The topological polar surface area (TPSA) is 48.3 Å². The van der Waals surface area contributed by atoms with Crippen molar-refractivity contribution >= 4 is 17.6 Å². The van der Waals surface area contributed by atoms with E-state index in [0.717, 1.165) is 6.42 Å². The highest BCUT2D eigenvalue weighted by molar-refractivity contribution is 6.30. The van der Waals surface area contributed by atoms with Gasteiger partial charge in [-0.2, -0.15) is 0 Å². The van der Waals surface area contributed by atoms with E-state index in [2.05, 4.69) is 13.8 Å². The van der Waals surface area contributed by atoms with Gasteiger partial charge in [0.05, 0.1) is 11.6 Å². The van der Waals surface area contributed by atoms with E-state index in [1.807, 2.05) is 0 Å². The summed E-state index contributed by atoms with van der Waals surface area (Å²) in [6.45, 7) is 6.10. The Morgan fingerprint density at radius 3 is 2.67 bits per heavy atom. The van der Waals surface area contributed by atoms with Gasteiger partial charge in [-0.15, -0.1) is 0 Å². The first-order chi connectivity index (χ1) is 8.41. The molecule has 4 nitrogen and oxygen atoms in total. The zero-order valence-electron chi connectivity index (χ0n) is 10.9. The van der Waals surface area contributed by atoms with E-state index in [1.165, 1.54) is 22.9 Å². The lowest BCUT2D eigenvalue weighted by Crippen LogP contribution is -2.28. The summed E-state index contributed by atoms with van der Waals surface area (Å²) < 4.78 is 6.40. The van der Waals surface area contributed by atoms with Gasteiger partial charge in [0, 0.05) is 12.3 Å². The highest BCUT2D eigenvalue weighted by Crippen LogP contribution is 2.10. The van der Waals surface area contributed by atoms with Gasteiger partial charge in [-0.3, -0.25) is 4.79 Å². The Morgan fingerprint density at radius 1 is 1.39 bits per heavy atom. The fourth-order valence-corrected chi connectivity index (χ4v) is 1.58. The second-order valence-corrected chi connectivity index (χ2v) is 5.06. The predicted octanol–water partition coefficient (Wildman–Crippen LogP) is 2.65. The first-order valence-corrected chi connectivity index (χ1v) is 6.34. The van der Waals surface area contributed by atoms with Gasteiger partial charge in [-0.05, 0) is 25.3 Å². The number of rotatable bonds is 5. The lowest BCUT2D eigenvalue weighted by Gasteiger charge is -2.15. The van der Waals surface area contributed by atoms with Crippen LogP contribution in [0.25, 0.3) is 0 Å². The van der Waals surface area contributed by atoms with Crippen LogP contribution < -0.4 is 5.56 Å². The van der Waals surface area contributed by atoms with E-state index in [9.17, 15) is 9.59 Å². The Morgan fingerprint density at radius 2 is 2.06 bits per heavy atom. The summed E-state index contributed by atoms with van der Waals surface area (Å²) in [5, 5.41) is 0.413. The van der Waals surface area contributed by atoms with Gasteiger partial charge in [0.15, 0.2) is 0 Å². The van der Waals surface area contributed by atoms with E-state index in [0.29, 0.717) is 17.5 Å². The minimum Gasteiger partial charge on any atom is -0.464 e. The summed E-state index contributed by atoms with van der Waals surface area (Å²) in [5.41, 5.74) is -0.271. The van der Waals surface area contributed by atoms with Crippen LogP contribution in [0.4, 0.5) is 0 Å². The third-order valence-corrected chi connectivity index (χ3v) is 2.82. The molecule has 18 heavy (non-hydrogen) atoms. The van der Waals surface area contributed by atoms with Crippen molar-refractivity contribution in [3.63, 3.8) is 0 Å². The van der Waals surface area contributed by atoms with Gasteiger partial charge >= 0.3 is 5.97 Å². The fourth-order valence-electron chi connectivity index (χ4n) is 1.41. The molecule has 0 aliphatic rings. The molecule has 0 radical (unpaired) electrons. The SMILES string of the molecule is CC(C)CCOC(=O)C(C)n1cc(Cl)ccc1=O. The average Bonchev–Trinajstić information content (AvgIpc) is 2.30. The molecule has 1 rings (SSSR count). The van der Waals surface area contributed by atoms with Crippen LogP contribution >= 0.6 is 11.6 Å². The van der Waals surface area contributed by atoms with Crippen LogP contribution in [0.15, 0.2) is 23.1 Å². The zero-order valence-corrected chi connectivity index (χ0v) is 11.6. The third-order valence-electron chi connectivity index (χ3n) is 2.60. The van der Waals surface area contributed by atoms with Crippen molar-refractivity contribution in [3.05, 3.63) is 33.7 Å². The molecular weight excluding hydrogens is 254 g/mol. The number of carbonyl (C=O) groups is 1. The molecule has 100 valence electrons. The van der Waals surface area contributed by atoms with Crippen LogP contribution in [-0.4, -0.2) is 17.1 Å². The molecule has 5 heteroatoms. The number of esters is 1. The summed E-state index contributed by atoms with van der Waals surface area (Å²) >= 11 is 5.80. The largest absolute Gasteiger partial charge is 0.464 e. The van der Waals surface area contributed by atoms with Crippen LogP contribution in [-0.2, 0) is 9.53 Å². The van der Waals surface area contributed by atoms with Gasteiger partial charge in [0.2, 0.25) is 0 Å². The molecule has 1 heterocycles. The molecule has 0 aliphatic heterocycles. The number of ether oxygens (including phenoxy) is 1. The Kier molecular flexibility index (Phi) is 5.41. The molecule has 1 aromatic rings. The van der Waals surface area contributed by atoms with Crippen LogP contribution in [0.3, 0.4) is 0 Å². The molecule has 0 aromatic carbocycles. The van der Waals surface area contributed by atoms with Crippen molar-refractivity contribution in [1.29, 1.82) is 0 Å². The number of nitrogens with zero attached hydrogens (tertiary/aromatic N) is 1. The van der Waals surface area contributed by atoms with Crippen LogP contribution in [0.5, 0.6) is 0 Å². The zero-order chi connectivity index (χ0) is 13.7. The summed E-state index contributed by atoms with van der Waals surface area (Å²) in [4.78, 5) is 23.4. The quantitative estimate of drug-likeness (QED) is 0.774. The Bertz CT molecular complexity index is 468. The number of halogens is 1. The molecule has 0 aliphatic carbocycles. The number of hydrogen-bond donors (Lipinski definition) is 0. The predicted molar refractivity (Wildman–Crippen MR) is 70.8 cm³/mol. The minimum atomic E-state index is -0.664. The van der Waals surface area contributed by atoms with Gasteiger partial charge in [-0.1, -0.05) is 25.4 Å². The van der Waals surface area contributed by atoms with E-state index >= 15 is 0 Å². The fraction of sp³-hybridized carbons (Fsp3) is 0.538. The maximum atomic E-state index is 11.8. The normalized spacial score (nSPS) is 12.5. The molecule has 0 bridgehead atoms. The van der Waals surface area contributed by atoms with Crippen molar-refractivity contribution in [2.24, 2.45) is 5.92 Å². The molecule has 1 aromatic heterocycles. The van der Waals surface area contributed by atoms with E-state index in [1.54, 1.807) is 6.92 Å². The maximum absolute atomic E-state index is 11.8. The summed E-state index contributed by atoms with van der Waals surface area (Å²) in [6, 6.07) is 2.17. The average molecular weight is 272 g/mol. The first kappa shape index (κ1) is 14.8.